The first-order valence-corrected chi connectivity index (χ1v) is 9.75. The zero-order chi connectivity index (χ0) is 25.0. The van der Waals surface area contributed by atoms with Gasteiger partial charge in [-0.25, -0.2) is 23.5 Å². The summed E-state index contributed by atoms with van der Waals surface area (Å²) in [6, 6.07) is 1.38. The number of hydrogen-bond donors (Lipinski definition) is 3. The molecular weight excluding hydrogens is 467 g/mol. The van der Waals surface area contributed by atoms with Crippen LogP contribution in [0.4, 0.5) is 38.4 Å². The summed E-state index contributed by atoms with van der Waals surface area (Å²) in [5.41, 5.74) is 6.07. The summed E-state index contributed by atoms with van der Waals surface area (Å²) in [6.45, 7) is -1.10. The Balaban J connectivity index is 0.000000751. The lowest BCUT2D eigenvalue weighted by Gasteiger charge is -2.37. The molecule has 1 aliphatic rings. The Morgan fingerprint density at radius 2 is 1.82 bits per heavy atom. The van der Waals surface area contributed by atoms with Gasteiger partial charge in [-0.2, -0.15) is 13.2 Å². The monoisotopic (exact) mass is 486 g/mol. The molecule has 1 aromatic carbocycles. The maximum absolute atomic E-state index is 13.8. The fourth-order valence-corrected chi connectivity index (χ4v) is 3.17. The molecule has 34 heavy (non-hydrogen) atoms. The van der Waals surface area contributed by atoms with Crippen LogP contribution in [0.15, 0.2) is 28.9 Å². The lowest BCUT2D eigenvalue weighted by atomic mass is 10.0. The lowest BCUT2D eigenvalue weighted by Crippen LogP contribution is -2.53. The Bertz CT molecular complexity index is 1180. The average molecular weight is 486 g/mol. The molecule has 3 amide bonds. The van der Waals surface area contributed by atoms with Crippen molar-refractivity contribution in [1.29, 1.82) is 0 Å². The van der Waals surface area contributed by atoms with Gasteiger partial charge in [0.1, 0.15) is 11.6 Å². The topological polar surface area (TPSA) is 126 Å². The fourth-order valence-electron chi connectivity index (χ4n) is 3.17. The highest BCUT2D eigenvalue weighted by atomic mass is 19.4. The molecule has 3 aromatic rings. The quantitative estimate of drug-likeness (QED) is 0.476. The molecule has 1 fully saturated rings. The summed E-state index contributed by atoms with van der Waals surface area (Å²) in [4.78, 5) is 33.3. The number of amides is 3. The zero-order valence-electron chi connectivity index (χ0n) is 17.6. The van der Waals surface area contributed by atoms with Crippen molar-refractivity contribution >= 4 is 34.5 Å². The van der Waals surface area contributed by atoms with Gasteiger partial charge in [0.15, 0.2) is 11.4 Å². The van der Waals surface area contributed by atoms with Crippen LogP contribution in [0.2, 0.25) is 0 Å². The van der Waals surface area contributed by atoms with E-state index in [0.29, 0.717) is 41.4 Å². The van der Waals surface area contributed by atoms with E-state index < -0.39 is 24.3 Å². The Labute approximate surface area is 189 Å². The number of hydrogen-bond acceptors (Lipinski definition) is 6. The Kier molecular flexibility index (Phi) is 7.48. The Morgan fingerprint density at radius 3 is 2.41 bits per heavy atom. The van der Waals surface area contributed by atoms with Crippen molar-refractivity contribution in [3.8, 4) is 0 Å². The van der Waals surface area contributed by atoms with Gasteiger partial charge < -0.3 is 25.7 Å². The molecule has 0 saturated carbocycles. The standard InChI is InChI=1S/C19H18F2N6O3.CHF3/c1-9-13-2-11(20)3-14(21)16(13)30-15(9)6-25-19(29)26-12-4-23-18(24-5-12)27-7-10(8-27)17(22)28;2-1(3)4/h2-5,10H,6-8H2,1H3,(H2,22,28)(H2,25,26,29);1H. The summed E-state index contributed by atoms with van der Waals surface area (Å²) in [5.74, 6) is -1.31. The number of nitrogens with one attached hydrogen (secondary N) is 2. The number of carbonyl (C=O) groups excluding carboxylic acids is 2. The minimum Gasteiger partial charge on any atom is -0.456 e. The number of furan rings is 1. The number of alkyl halides is 3. The first-order chi connectivity index (χ1) is 16.0. The molecular formula is C20H19F5N6O3. The summed E-state index contributed by atoms with van der Waals surface area (Å²) in [6.07, 6.45) is 2.87. The van der Waals surface area contributed by atoms with E-state index >= 15 is 0 Å². The molecule has 4 rings (SSSR count). The highest BCUT2D eigenvalue weighted by molar-refractivity contribution is 5.89. The van der Waals surface area contributed by atoms with Crippen molar-refractivity contribution in [1.82, 2.24) is 15.3 Å². The normalized spacial score (nSPS) is 13.3. The number of anilines is 2. The van der Waals surface area contributed by atoms with Gasteiger partial charge in [0.05, 0.1) is 30.5 Å². The largest absolute Gasteiger partial charge is 0.456 e. The van der Waals surface area contributed by atoms with Crippen LogP contribution < -0.4 is 21.3 Å². The summed E-state index contributed by atoms with van der Waals surface area (Å²) < 4.78 is 61.7. The fraction of sp³-hybridized carbons (Fsp3) is 0.300. The van der Waals surface area contributed by atoms with Crippen molar-refractivity contribution in [2.75, 3.05) is 23.3 Å². The van der Waals surface area contributed by atoms with E-state index in [9.17, 15) is 31.5 Å². The predicted molar refractivity (Wildman–Crippen MR) is 111 cm³/mol. The number of nitrogens with zero attached hydrogens (tertiary/aromatic N) is 3. The van der Waals surface area contributed by atoms with Crippen molar-refractivity contribution in [3.63, 3.8) is 0 Å². The van der Waals surface area contributed by atoms with Gasteiger partial charge in [0.25, 0.3) is 0 Å². The van der Waals surface area contributed by atoms with Gasteiger partial charge in [-0.05, 0) is 13.0 Å². The van der Waals surface area contributed by atoms with Crippen molar-refractivity contribution in [2.45, 2.75) is 20.1 Å². The second-order valence-electron chi connectivity index (χ2n) is 7.25. The van der Waals surface area contributed by atoms with Gasteiger partial charge in [0, 0.05) is 30.1 Å². The number of aryl methyl sites for hydroxylation is 1. The van der Waals surface area contributed by atoms with Gasteiger partial charge in [-0.15, -0.1) is 0 Å². The molecule has 1 aliphatic heterocycles. The molecule has 14 heteroatoms. The number of halogens is 5. The van der Waals surface area contributed by atoms with E-state index in [1.807, 2.05) is 0 Å². The SMILES string of the molecule is Cc1c(CNC(=O)Nc2cnc(N3CC(C(N)=O)C3)nc2)oc2c(F)cc(F)cc12.FC(F)F. The average Bonchev–Trinajstić information content (AvgIpc) is 3.02. The summed E-state index contributed by atoms with van der Waals surface area (Å²) in [7, 11) is 0. The number of nitrogens with two attached hydrogens (primary N) is 1. The summed E-state index contributed by atoms with van der Waals surface area (Å²) in [5, 5.41) is 5.47. The number of urea groups is 1. The number of primary amides is 1. The van der Waals surface area contributed by atoms with Gasteiger partial charge in [-0.3, -0.25) is 4.79 Å². The van der Waals surface area contributed by atoms with E-state index in [0.717, 1.165) is 6.07 Å². The molecule has 1 saturated heterocycles. The summed E-state index contributed by atoms with van der Waals surface area (Å²) >= 11 is 0. The molecule has 182 valence electrons. The van der Waals surface area contributed by atoms with E-state index in [4.69, 9.17) is 10.2 Å². The van der Waals surface area contributed by atoms with Gasteiger partial charge in [-0.1, -0.05) is 0 Å². The van der Waals surface area contributed by atoms with Crippen molar-refractivity contribution in [3.05, 3.63) is 47.5 Å². The van der Waals surface area contributed by atoms with E-state index in [1.165, 1.54) is 18.5 Å². The number of benzene rings is 1. The van der Waals surface area contributed by atoms with Gasteiger partial charge in [0.2, 0.25) is 11.9 Å². The van der Waals surface area contributed by atoms with Crippen LogP contribution in [-0.2, 0) is 11.3 Å². The number of aromatic nitrogens is 2. The third-order valence-corrected chi connectivity index (χ3v) is 4.93. The minimum absolute atomic E-state index is 0.0192. The molecule has 0 atom stereocenters. The highest BCUT2D eigenvalue weighted by Crippen LogP contribution is 2.28. The lowest BCUT2D eigenvalue weighted by molar-refractivity contribution is -0.122. The minimum atomic E-state index is -3.67. The maximum Gasteiger partial charge on any atom is 0.379 e. The van der Waals surface area contributed by atoms with Crippen LogP contribution in [0.1, 0.15) is 11.3 Å². The first-order valence-electron chi connectivity index (χ1n) is 9.75. The van der Waals surface area contributed by atoms with Crippen molar-refractivity contribution in [2.24, 2.45) is 11.7 Å². The van der Waals surface area contributed by atoms with Crippen LogP contribution in [0.5, 0.6) is 0 Å². The zero-order valence-corrected chi connectivity index (χ0v) is 17.6. The van der Waals surface area contributed by atoms with Crippen LogP contribution in [-0.4, -0.2) is 41.7 Å². The Hall–Kier alpha value is -3.97. The van der Waals surface area contributed by atoms with E-state index in [1.54, 1.807) is 11.8 Å². The van der Waals surface area contributed by atoms with E-state index in [-0.39, 0.29) is 24.0 Å². The number of rotatable bonds is 5. The van der Waals surface area contributed by atoms with E-state index in [2.05, 4.69) is 20.6 Å². The number of fused-ring (bicyclic) bond motifs is 1. The smallest absolute Gasteiger partial charge is 0.379 e. The van der Waals surface area contributed by atoms with Gasteiger partial charge >= 0.3 is 12.7 Å². The predicted octanol–water partition coefficient (Wildman–Crippen LogP) is 3.23. The first kappa shape index (κ1) is 24.7. The molecule has 9 nitrogen and oxygen atoms in total. The van der Waals surface area contributed by atoms with Crippen LogP contribution in [0.3, 0.4) is 0 Å². The molecule has 3 heterocycles. The van der Waals surface area contributed by atoms with Crippen molar-refractivity contribution < 1.29 is 36.0 Å². The van der Waals surface area contributed by atoms with Crippen LogP contribution >= 0.6 is 0 Å². The molecule has 0 bridgehead atoms. The molecule has 0 radical (unpaired) electrons. The molecule has 2 aromatic heterocycles. The van der Waals surface area contributed by atoms with Crippen LogP contribution in [0.25, 0.3) is 11.0 Å². The molecule has 4 N–H and O–H groups in total. The molecule has 0 spiro atoms. The maximum atomic E-state index is 13.8. The second-order valence-corrected chi connectivity index (χ2v) is 7.25. The number of carbonyl (C=O) groups is 2. The third kappa shape index (κ3) is 5.88. The molecule has 0 unspecified atom stereocenters. The second kappa shape index (κ2) is 10.3. The van der Waals surface area contributed by atoms with Crippen LogP contribution in [0, 0.1) is 24.5 Å². The third-order valence-electron chi connectivity index (χ3n) is 4.93. The Morgan fingerprint density at radius 1 is 1.21 bits per heavy atom. The molecule has 0 aliphatic carbocycles. The highest BCUT2D eigenvalue weighted by Gasteiger charge is 2.32.